The van der Waals surface area contributed by atoms with Crippen molar-refractivity contribution in [3.8, 4) is 5.75 Å². The van der Waals surface area contributed by atoms with Crippen molar-refractivity contribution in [1.29, 1.82) is 5.41 Å². The molecule has 0 aliphatic carbocycles. The number of methoxy groups -OCH3 is 1. The molecule has 0 atom stereocenters. The van der Waals surface area contributed by atoms with Crippen LogP contribution >= 0.6 is 11.6 Å². The molecule has 0 aliphatic rings. The summed E-state index contributed by atoms with van der Waals surface area (Å²) >= 11 is 4.64. The molecule has 0 aromatic heterocycles. The zero-order valence-corrected chi connectivity index (χ0v) is 9.21. The molecule has 0 spiro atoms. The highest BCUT2D eigenvalue weighted by Gasteiger charge is 2.04. The Morgan fingerprint density at radius 1 is 1.47 bits per heavy atom. The van der Waals surface area contributed by atoms with Crippen LogP contribution in [-0.2, 0) is 9.53 Å². The van der Waals surface area contributed by atoms with Gasteiger partial charge < -0.3 is 9.84 Å². The van der Waals surface area contributed by atoms with E-state index in [2.05, 4.69) is 16.3 Å². The van der Waals surface area contributed by atoms with Gasteiger partial charge in [0.1, 0.15) is 5.75 Å². The highest BCUT2D eigenvalue weighted by Crippen LogP contribution is 2.15. The van der Waals surface area contributed by atoms with E-state index in [1.54, 1.807) is 18.2 Å². The molecule has 82 valence electrons. The second kappa shape index (κ2) is 6.84. The number of carbonyl (C=O) groups excluding carboxylic acids is 1. The summed E-state index contributed by atoms with van der Waals surface area (Å²) < 4.78 is 4.64. The van der Waals surface area contributed by atoms with Crippen LogP contribution in [0.1, 0.15) is 12.5 Å². The lowest BCUT2D eigenvalue weighted by atomic mass is 10.2. The molecule has 15 heavy (non-hydrogen) atoms. The minimum Gasteiger partial charge on any atom is -0.507 e. The Morgan fingerprint density at radius 3 is 2.33 bits per heavy atom. The van der Waals surface area contributed by atoms with Crippen molar-refractivity contribution in [3.63, 3.8) is 0 Å². The van der Waals surface area contributed by atoms with Gasteiger partial charge in [0, 0.05) is 6.92 Å². The molecule has 0 saturated carbocycles. The molecule has 2 N–H and O–H groups in total. The molecule has 0 heterocycles. The van der Waals surface area contributed by atoms with E-state index in [0.29, 0.717) is 5.56 Å². The first-order chi connectivity index (χ1) is 6.99. The quantitative estimate of drug-likeness (QED) is 0.440. The summed E-state index contributed by atoms with van der Waals surface area (Å²) in [5, 5.41) is 16.1. The number of rotatable bonds is 1. The lowest BCUT2D eigenvalue weighted by molar-refractivity contribution is -0.109. The fourth-order valence-electron chi connectivity index (χ4n) is 0.776. The SMILES string of the molecule is CC(=O)Cl.COC(=N)c1ccccc1O. The van der Waals surface area contributed by atoms with E-state index < -0.39 is 0 Å². The van der Waals surface area contributed by atoms with Crippen LogP contribution in [0.3, 0.4) is 0 Å². The average molecular weight is 230 g/mol. The molecule has 4 nitrogen and oxygen atoms in total. The number of para-hydroxylation sites is 1. The van der Waals surface area contributed by atoms with Crippen LogP contribution in [0.5, 0.6) is 5.75 Å². The predicted molar refractivity (Wildman–Crippen MR) is 58.5 cm³/mol. The maximum atomic E-state index is 9.21. The predicted octanol–water partition coefficient (Wildman–Crippen LogP) is 2.14. The highest BCUT2D eigenvalue weighted by molar-refractivity contribution is 6.62. The molecule has 1 aromatic carbocycles. The van der Waals surface area contributed by atoms with Gasteiger partial charge >= 0.3 is 0 Å². The maximum absolute atomic E-state index is 9.21. The van der Waals surface area contributed by atoms with E-state index in [4.69, 9.17) is 5.41 Å². The van der Waals surface area contributed by atoms with Crippen molar-refractivity contribution in [2.75, 3.05) is 7.11 Å². The number of ether oxygens (including phenoxy) is 1. The Morgan fingerprint density at radius 2 is 1.93 bits per heavy atom. The fraction of sp³-hybridized carbons (Fsp3) is 0.200. The number of hydrogen-bond donors (Lipinski definition) is 2. The molecule has 0 unspecified atom stereocenters. The summed E-state index contributed by atoms with van der Waals surface area (Å²) in [5.41, 5.74) is 0.412. The van der Waals surface area contributed by atoms with E-state index in [1.165, 1.54) is 20.1 Å². The van der Waals surface area contributed by atoms with Gasteiger partial charge in [-0.05, 0) is 23.7 Å². The smallest absolute Gasteiger partial charge is 0.218 e. The van der Waals surface area contributed by atoms with Crippen molar-refractivity contribution < 1.29 is 14.6 Å². The number of phenols is 1. The van der Waals surface area contributed by atoms with E-state index >= 15 is 0 Å². The first-order valence-corrected chi connectivity index (χ1v) is 4.43. The molecule has 0 aliphatic heterocycles. The number of nitrogens with one attached hydrogen (secondary N) is 1. The van der Waals surface area contributed by atoms with Gasteiger partial charge in [0.2, 0.25) is 11.1 Å². The van der Waals surface area contributed by atoms with E-state index in [-0.39, 0.29) is 16.9 Å². The number of benzene rings is 1. The Balaban J connectivity index is 0.000000423. The first kappa shape index (κ1) is 13.4. The van der Waals surface area contributed by atoms with Crippen molar-refractivity contribution in [2.45, 2.75) is 6.92 Å². The van der Waals surface area contributed by atoms with Gasteiger partial charge in [-0.3, -0.25) is 10.2 Å². The molecule has 0 bridgehead atoms. The fourth-order valence-corrected chi connectivity index (χ4v) is 0.776. The first-order valence-electron chi connectivity index (χ1n) is 4.06. The Kier molecular flexibility index (Phi) is 6.13. The van der Waals surface area contributed by atoms with Gasteiger partial charge in [0.25, 0.3) is 0 Å². The number of carbonyl (C=O) groups is 1. The standard InChI is InChI=1S/C8H9NO2.C2H3ClO/c1-11-8(9)6-4-2-3-5-7(6)10;1-2(3)4/h2-5,9-10H,1H3;1H3. The minimum atomic E-state index is -0.361. The van der Waals surface area contributed by atoms with Gasteiger partial charge in [-0.25, -0.2) is 0 Å². The highest BCUT2D eigenvalue weighted by atomic mass is 35.5. The molecule has 1 rings (SSSR count). The zero-order valence-electron chi connectivity index (χ0n) is 8.45. The summed E-state index contributed by atoms with van der Waals surface area (Å²) in [6.07, 6.45) is 0. The number of hydrogen-bond acceptors (Lipinski definition) is 4. The Bertz CT molecular complexity index is 348. The third-order valence-electron chi connectivity index (χ3n) is 1.35. The van der Waals surface area contributed by atoms with Crippen LogP contribution < -0.4 is 0 Å². The van der Waals surface area contributed by atoms with Crippen molar-refractivity contribution in [2.24, 2.45) is 0 Å². The number of halogens is 1. The molecular formula is C10H12ClNO3. The normalized spacial score (nSPS) is 8.47. The molecule has 5 heteroatoms. The monoisotopic (exact) mass is 229 g/mol. The van der Waals surface area contributed by atoms with Crippen LogP contribution in [-0.4, -0.2) is 23.4 Å². The van der Waals surface area contributed by atoms with Gasteiger partial charge in [-0.1, -0.05) is 12.1 Å². The second-order valence-electron chi connectivity index (χ2n) is 2.52. The molecule has 1 aromatic rings. The lowest BCUT2D eigenvalue weighted by Gasteiger charge is -2.02. The third kappa shape index (κ3) is 5.70. The number of phenolic OH excluding ortho intramolecular Hbond substituents is 1. The Hall–Kier alpha value is -1.55. The van der Waals surface area contributed by atoms with Crippen LogP contribution in [0.15, 0.2) is 24.3 Å². The third-order valence-corrected chi connectivity index (χ3v) is 1.35. The van der Waals surface area contributed by atoms with Gasteiger partial charge in [-0.2, -0.15) is 0 Å². The van der Waals surface area contributed by atoms with Crippen LogP contribution in [0.2, 0.25) is 0 Å². The van der Waals surface area contributed by atoms with Gasteiger partial charge in [0.15, 0.2) is 0 Å². The molecular weight excluding hydrogens is 218 g/mol. The van der Waals surface area contributed by atoms with Crippen molar-refractivity contribution in [1.82, 2.24) is 0 Å². The summed E-state index contributed by atoms with van der Waals surface area (Å²) in [6.45, 7) is 1.29. The molecule has 0 radical (unpaired) electrons. The molecule has 0 saturated heterocycles. The summed E-state index contributed by atoms with van der Waals surface area (Å²) in [5.74, 6) is 0.0439. The van der Waals surface area contributed by atoms with Crippen molar-refractivity contribution in [3.05, 3.63) is 29.8 Å². The van der Waals surface area contributed by atoms with E-state index in [9.17, 15) is 9.90 Å². The van der Waals surface area contributed by atoms with Gasteiger partial charge in [0.05, 0.1) is 12.7 Å². The molecule has 0 amide bonds. The summed E-state index contributed by atoms with van der Waals surface area (Å²) in [4.78, 5) is 9.21. The maximum Gasteiger partial charge on any atom is 0.218 e. The molecule has 0 fully saturated rings. The van der Waals surface area contributed by atoms with E-state index in [1.807, 2.05) is 0 Å². The summed E-state index contributed by atoms with van der Waals surface area (Å²) in [6, 6.07) is 6.58. The summed E-state index contributed by atoms with van der Waals surface area (Å²) in [7, 11) is 1.40. The average Bonchev–Trinajstić information content (AvgIpc) is 2.16. The number of aromatic hydroxyl groups is 1. The lowest BCUT2D eigenvalue weighted by Crippen LogP contribution is -2.00. The van der Waals surface area contributed by atoms with Crippen LogP contribution in [0.25, 0.3) is 0 Å². The van der Waals surface area contributed by atoms with Crippen LogP contribution in [0.4, 0.5) is 0 Å². The zero-order chi connectivity index (χ0) is 11.8. The van der Waals surface area contributed by atoms with Crippen LogP contribution in [0, 0.1) is 5.41 Å². The minimum absolute atomic E-state index is 0.0249. The van der Waals surface area contributed by atoms with Gasteiger partial charge in [-0.15, -0.1) is 0 Å². The second-order valence-corrected chi connectivity index (χ2v) is 3.05. The van der Waals surface area contributed by atoms with Crippen molar-refractivity contribution >= 4 is 22.7 Å². The van der Waals surface area contributed by atoms with E-state index in [0.717, 1.165) is 0 Å². The largest absolute Gasteiger partial charge is 0.507 e. The topological polar surface area (TPSA) is 70.4 Å². The Labute approximate surface area is 93.0 Å².